The Morgan fingerprint density at radius 1 is 0.952 bits per heavy atom. The molecule has 1 amide bonds. The van der Waals surface area contributed by atoms with Crippen LogP contribution in [0.15, 0.2) is 54.6 Å². The lowest BCUT2D eigenvalue weighted by Crippen LogP contribution is -3.11. The summed E-state index contributed by atoms with van der Waals surface area (Å²) in [5.41, 5.74) is 3.09. The molecule has 0 aliphatic carbocycles. The smallest absolute Gasteiger partial charge is 0.279 e. The molecule has 0 radical (unpaired) electrons. The normalized spacial score (nSPS) is 15.0. The molecule has 3 heteroatoms. The van der Waals surface area contributed by atoms with Gasteiger partial charge >= 0.3 is 0 Å². The maximum atomic E-state index is 12.2. The summed E-state index contributed by atoms with van der Waals surface area (Å²) >= 11 is 0. The molecule has 0 saturated carbocycles. The predicted molar refractivity (Wildman–Crippen MR) is 85.3 cm³/mol. The number of benzene rings is 2. The molecule has 0 unspecified atom stereocenters. The molecule has 1 fully saturated rings. The van der Waals surface area contributed by atoms with Crippen LogP contribution >= 0.6 is 0 Å². The lowest BCUT2D eigenvalue weighted by Gasteiger charge is -2.14. The second-order valence-electron chi connectivity index (χ2n) is 5.59. The highest BCUT2D eigenvalue weighted by molar-refractivity contribution is 5.96. The number of rotatable bonds is 4. The van der Waals surface area contributed by atoms with Gasteiger partial charge in [-0.25, -0.2) is 0 Å². The van der Waals surface area contributed by atoms with Gasteiger partial charge in [0, 0.05) is 24.1 Å². The van der Waals surface area contributed by atoms with Crippen LogP contribution < -0.4 is 10.2 Å². The van der Waals surface area contributed by atoms with E-state index in [0.717, 1.165) is 29.9 Å². The van der Waals surface area contributed by atoms with Crippen LogP contribution in [-0.2, 0) is 4.79 Å². The molecule has 1 heterocycles. The summed E-state index contributed by atoms with van der Waals surface area (Å²) < 4.78 is 0. The molecule has 0 aromatic heterocycles. The fourth-order valence-corrected chi connectivity index (χ4v) is 2.93. The lowest BCUT2D eigenvalue weighted by molar-refractivity contribution is -0.878. The zero-order valence-corrected chi connectivity index (χ0v) is 12.1. The topological polar surface area (TPSA) is 33.5 Å². The van der Waals surface area contributed by atoms with Crippen LogP contribution in [0.1, 0.15) is 12.8 Å². The van der Waals surface area contributed by atoms with Crippen LogP contribution in [0.25, 0.3) is 11.1 Å². The van der Waals surface area contributed by atoms with Crippen LogP contribution in [-0.4, -0.2) is 25.5 Å². The number of likely N-dealkylation sites (tertiary alicyclic amines) is 1. The Kier molecular flexibility index (Phi) is 4.31. The Morgan fingerprint density at radius 3 is 2.38 bits per heavy atom. The second-order valence-corrected chi connectivity index (χ2v) is 5.59. The van der Waals surface area contributed by atoms with Crippen molar-refractivity contribution < 1.29 is 9.69 Å². The highest BCUT2D eigenvalue weighted by Crippen LogP contribution is 2.27. The Bertz CT molecular complexity index is 604. The molecule has 0 atom stereocenters. The molecule has 0 bridgehead atoms. The van der Waals surface area contributed by atoms with Gasteiger partial charge < -0.3 is 10.2 Å². The van der Waals surface area contributed by atoms with Gasteiger partial charge in [0.15, 0.2) is 6.54 Å². The first-order valence-electron chi connectivity index (χ1n) is 7.61. The molecule has 108 valence electrons. The molecular formula is C18H21N2O+. The predicted octanol–water partition coefficient (Wildman–Crippen LogP) is 1.97. The Labute approximate surface area is 125 Å². The van der Waals surface area contributed by atoms with E-state index < -0.39 is 0 Å². The maximum absolute atomic E-state index is 12.2. The number of para-hydroxylation sites is 1. The highest BCUT2D eigenvalue weighted by Gasteiger charge is 2.19. The number of nitrogens with one attached hydrogen (secondary N) is 2. The van der Waals surface area contributed by atoms with Crippen molar-refractivity contribution in [2.45, 2.75) is 12.8 Å². The Morgan fingerprint density at radius 2 is 1.62 bits per heavy atom. The summed E-state index contributed by atoms with van der Waals surface area (Å²) in [5.74, 6) is 0.107. The number of amides is 1. The summed E-state index contributed by atoms with van der Waals surface area (Å²) in [6, 6.07) is 18.2. The molecule has 1 saturated heterocycles. The van der Waals surface area contributed by atoms with Crippen molar-refractivity contribution in [2.24, 2.45) is 0 Å². The molecule has 2 aromatic rings. The standard InChI is InChI=1S/C18H20N2O/c21-18(14-20-12-6-7-13-20)19-17-11-5-4-10-16(17)15-8-2-1-3-9-15/h1-5,8-11H,6-7,12-14H2,(H,19,21)/p+1. The minimum absolute atomic E-state index is 0.107. The van der Waals surface area contributed by atoms with Gasteiger partial charge in [0.05, 0.1) is 13.1 Å². The summed E-state index contributed by atoms with van der Waals surface area (Å²) in [7, 11) is 0. The molecule has 2 N–H and O–H groups in total. The third-order valence-electron chi connectivity index (χ3n) is 4.01. The summed E-state index contributed by atoms with van der Waals surface area (Å²) in [6.45, 7) is 2.81. The number of carbonyl (C=O) groups excluding carboxylic acids is 1. The van der Waals surface area contributed by atoms with E-state index in [2.05, 4.69) is 17.4 Å². The quantitative estimate of drug-likeness (QED) is 0.882. The molecule has 2 aromatic carbocycles. The average molecular weight is 281 g/mol. The van der Waals surface area contributed by atoms with Crippen molar-refractivity contribution in [3.05, 3.63) is 54.6 Å². The van der Waals surface area contributed by atoms with Gasteiger partial charge in [0.1, 0.15) is 0 Å². The fraction of sp³-hybridized carbons (Fsp3) is 0.278. The largest absolute Gasteiger partial charge is 0.327 e. The first-order chi connectivity index (χ1) is 10.3. The van der Waals surface area contributed by atoms with Crippen molar-refractivity contribution in [3.63, 3.8) is 0 Å². The second kappa shape index (κ2) is 6.55. The average Bonchev–Trinajstić information content (AvgIpc) is 3.01. The van der Waals surface area contributed by atoms with Crippen molar-refractivity contribution >= 4 is 11.6 Å². The number of hydrogen-bond donors (Lipinski definition) is 2. The van der Waals surface area contributed by atoms with Gasteiger partial charge in [-0.3, -0.25) is 4.79 Å². The third-order valence-corrected chi connectivity index (χ3v) is 4.01. The number of carbonyl (C=O) groups is 1. The van der Waals surface area contributed by atoms with Crippen molar-refractivity contribution in [1.29, 1.82) is 0 Å². The van der Waals surface area contributed by atoms with Gasteiger partial charge in [-0.1, -0.05) is 48.5 Å². The van der Waals surface area contributed by atoms with E-state index >= 15 is 0 Å². The van der Waals surface area contributed by atoms with E-state index in [1.807, 2.05) is 42.5 Å². The van der Waals surface area contributed by atoms with E-state index in [9.17, 15) is 4.79 Å². The minimum Gasteiger partial charge on any atom is -0.327 e. The molecule has 1 aliphatic rings. The van der Waals surface area contributed by atoms with Crippen molar-refractivity contribution in [1.82, 2.24) is 0 Å². The van der Waals surface area contributed by atoms with E-state index in [0.29, 0.717) is 6.54 Å². The zero-order chi connectivity index (χ0) is 14.5. The van der Waals surface area contributed by atoms with E-state index in [1.165, 1.54) is 17.7 Å². The van der Waals surface area contributed by atoms with Crippen LogP contribution in [0, 0.1) is 0 Å². The van der Waals surface area contributed by atoms with Gasteiger partial charge in [0.2, 0.25) is 0 Å². The van der Waals surface area contributed by atoms with Crippen molar-refractivity contribution in [2.75, 3.05) is 25.0 Å². The molecule has 3 rings (SSSR count). The Hall–Kier alpha value is -2.13. The molecule has 3 nitrogen and oxygen atoms in total. The first-order valence-corrected chi connectivity index (χ1v) is 7.61. The van der Waals surface area contributed by atoms with E-state index in [-0.39, 0.29) is 5.91 Å². The Balaban J connectivity index is 1.74. The van der Waals surface area contributed by atoms with Gasteiger partial charge in [-0.2, -0.15) is 0 Å². The molecular weight excluding hydrogens is 260 g/mol. The first kappa shape index (κ1) is 13.8. The lowest BCUT2D eigenvalue weighted by atomic mass is 10.0. The van der Waals surface area contributed by atoms with Crippen LogP contribution in [0.2, 0.25) is 0 Å². The highest BCUT2D eigenvalue weighted by atomic mass is 16.2. The minimum atomic E-state index is 0.107. The van der Waals surface area contributed by atoms with E-state index in [4.69, 9.17) is 0 Å². The van der Waals surface area contributed by atoms with E-state index in [1.54, 1.807) is 0 Å². The fourth-order valence-electron chi connectivity index (χ4n) is 2.93. The van der Waals surface area contributed by atoms with Crippen molar-refractivity contribution in [3.8, 4) is 11.1 Å². The van der Waals surface area contributed by atoms with Gasteiger partial charge in [-0.15, -0.1) is 0 Å². The maximum Gasteiger partial charge on any atom is 0.279 e. The summed E-state index contributed by atoms with van der Waals surface area (Å²) in [5, 5.41) is 3.08. The number of anilines is 1. The zero-order valence-electron chi connectivity index (χ0n) is 12.1. The number of hydrogen-bond acceptors (Lipinski definition) is 1. The third kappa shape index (κ3) is 3.50. The molecule has 21 heavy (non-hydrogen) atoms. The molecule has 0 spiro atoms. The summed E-state index contributed by atoms with van der Waals surface area (Å²) in [6.07, 6.45) is 2.48. The monoisotopic (exact) mass is 281 g/mol. The van der Waals surface area contributed by atoms with Gasteiger partial charge in [0.25, 0.3) is 5.91 Å². The van der Waals surface area contributed by atoms with Crippen LogP contribution in [0.4, 0.5) is 5.69 Å². The van der Waals surface area contributed by atoms with Crippen LogP contribution in [0.3, 0.4) is 0 Å². The summed E-state index contributed by atoms with van der Waals surface area (Å²) in [4.78, 5) is 13.6. The van der Waals surface area contributed by atoms with Crippen LogP contribution in [0.5, 0.6) is 0 Å². The SMILES string of the molecule is O=C(C[NH+]1CCCC1)Nc1ccccc1-c1ccccc1. The number of quaternary nitrogens is 1. The van der Waals surface area contributed by atoms with Gasteiger partial charge in [-0.05, 0) is 11.6 Å². The molecule has 1 aliphatic heterocycles.